The van der Waals surface area contributed by atoms with Crippen LogP contribution in [0.3, 0.4) is 0 Å². The number of aromatic nitrogens is 4. The Labute approximate surface area is 219 Å². The zero-order valence-electron chi connectivity index (χ0n) is 20.4. The van der Waals surface area contributed by atoms with Crippen LogP contribution in [0.1, 0.15) is 11.4 Å². The van der Waals surface area contributed by atoms with E-state index in [0.717, 1.165) is 5.69 Å². The molecule has 4 aromatic rings. The van der Waals surface area contributed by atoms with Gasteiger partial charge in [-0.1, -0.05) is 24.2 Å². The highest BCUT2D eigenvalue weighted by molar-refractivity contribution is 6.32. The Hall–Kier alpha value is -4.28. The van der Waals surface area contributed by atoms with Crippen LogP contribution in [0.4, 0.5) is 11.5 Å². The molecule has 190 valence electrons. The van der Waals surface area contributed by atoms with Crippen molar-refractivity contribution in [3.05, 3.63) is 89.9 Å². The van der Waals surface area contributed by atoms with Gasteiger partial charge in [0, 0.05) is 30.2 Å². The highest BCUT2D eigenvalue weighted by atomic mass is 35.5. The Balaban J connectivity index is 1.41. The molecule has 1 aromatic carbocycles. The van der Waals surface area contributed by atoms with Gasteiger partial charge < -0.3 is 24.7 Å². The molecule has 0 saturated heterocycles. The fraction of sp³-hybridized carbons (Fsp3) is 0.192. The molecule has 0 aliphatic heterocycles. The fourth-order valence-corrected chi connectivity index (χ4v) is 3.55. The SMILES string of the molecule is C=C(CN(C)C)C(=O)NCc1coc(-c2cncnc2Nc2ccc(OCc3ccccn3)c(Cl)c2)n1. The number of oxazole rings is 1. The summed E-state index contributed by atoms with van der Waals surface area (Å²) in [6.07, 6.45) is 6.20. The lowest BCUT2D eigenvalue weighted by atomic mass is 10.2. The predicted molar refractivity (Wildman–Crippen MR) is 140 cm³/mol. The standard InChI is InChI=1S/C26H26ClN7O3/c1-17(13-34(2)3)25(35)30-11-20-15-37-26(33-20)21-12-28-16-31-24(21)32-18-7-8-23(22(27)10-18)36-14-19-6-4-5-9-29-19/h4-10,12,15-16H,1,11,13-14H2,2-3H3,(H,30,35)(H,28,31,32). The number of rotatable bonds is 11. The van der Waals surface area contributed by atoms with Crippen molar-refractivity contribution in [2.75, 3.05) is 26.0 Å². The maximum Gasteiger partial charge on any atom is 0.248 e. The fourth-order valence-electron chi connectivity index (χ4n) is 3.31. The number of pyridine rings is 1. The van der Waals surface area contributed by atoms with E-state index in [1.807, 2.05) is 43.3 Å². The third-order valence-corrected chi connectivity index (χ3v) is 5.34. The monoisotopic (exact) mass is 519 g/mol. The average molecular weight is 520 g/mol. The van der Waals surface area contributed by atoms with Crippen molar-refractivity contribution in [2.24, 2.45) is 0 Å². The summed E-state index contributed by atoms with van der Waals surface area (Å²) in [6, 6.07) is 11.0. The largest absolute Gasteiger partial charge is 0.486 e. The molecule has 37 heavy (non-hydrogen) atoms. The summed E-state index contributed by atoms with van der Waals surface area (Å²) < 4.78 is 11.4. The molecule has 0 unspecified atom stereocenters. The van der Waals surface area contributed by atoms with Crippen molar-refractivity contribution >= 4 is 29.0 Å². The molecule has 0 saturated carbocycles. The van der Waals surface area contributed by atoms with Gasteiger partial charge in [0.1, 0.15) is 30.8 Å². The van der Waals surface area contributed by atoms with Gasteiger partial charge in [-0.2, -0.15) is 0 Å². The highest BCUT2D eigenvalue weighted by Gasteiger charge is 2.15. The number of ether oxygens (including phenoxy) is 1. The summed E-state index contributed by atoms with van der Waals surface area (Å²) in [5, 5.41) is 6.44. The molecule has 1 amide bonds. The van der Waals surface area contributed by atoms with Gasteiger partial charge in [0.2, 0.25) is 11.8 Å². The normalized spacial score (nSPS) is 10.8. The number of amides is 1. The van der Waals surface area contributed by atoms with E-state index in [0.29, 0.717) is 58.2 Å². The quantitative estimate of drug-likeness (QED) is 0.280. The molecule has 3 aromatic heterocycles. The van der Waals surface area contributed by atoms with Crippen molar-refractivity contribution in [2.45, 2.75) is 13.2 Å². The Bertz CT molecular complexity index is 1380. The summed E-state index contributed by atoms with van der Waals surface area (Å²) in [4.78, 5) is 31.2. The number of hydrogen-bond acceptors (Lipinski definition) is 9. The number of nitrogens with zero attached hydrogens (tertiary/aromatic N) is 5. The first-order valence-corrected chi connectivity index (χ1v) is 11.7. The lowest BCUT2D eigenvalue weighted by molar-refractivity contribution is -0.117. The Kier molecular flexibility index (Phi) is 8.44. The van der Waals surface area contributed by atoms with E-state index >= 15 is 0 Å². The Morgan fingerprint density at radius 3 is 2.81 bits per heavy atom. The lowest BCUT2D eigenvalue weighted by Gasteiger charge is -2.12. The van der Waals surface area contributed by atoms with E-state index in [9.17, 15) is 4.79 Å². The summed E-state index contributed by atoms with van der Waals surface area (Å²) in [5.74, 6) is 1.08. The summed E-state index contributed by atoms with van der Waals surface area (Å²) in [6.45, 7) is 4.77. The van der Waals surface area contributed by atoms with Crippen molar-refractivity contribution < 1.29 is 13.9 Å². The maximum atomic E-state index is 12.2. The minimum absolute atomic E-state index is 0.195. The molecular weight excluding hydrogens is 494 g/mol. The zero-order chi connectivity index (χ0) is 26.2. The van der Waals surface area contributed by atoms with Gasteiger partial charge in [-0.05, 0) is 44.4 Å². The molecule has 0 radical (unpaired) electrons. The molecule has 0 aliphatic rings. The molecule has 0 fully saturated rings. The van der Waals surface area contributed by atoms with Crippen LogP contribution in [0.15, 0.2) is 78.0 Å². The lowest BCUT2D eigenvalue weighted by Crippen LogP contribution is -2.29. The first-order valence-electron chi connectivity index (χ1n) is 11.3. The smallest absolute Gasteiger partial charge is 0.248 e. The molecule has 0 aliphatic carbocycles. The second kappa shape index (κ2) is 12.1. The Morgan fingerprint density at radius 2 is 2.05 bits per heavy atom. The van der Waals surface area contributed by atoms with Crippen LogP contribution >= 0.6 is 11.6 Å². The minimum Gasteiger partial charge on any atom is -0.486 e. The number of halogens is 1. The van der Waals surface area contributed by atoms with Gasteiger partial charge in [-0.3, -0.25) is 9.78 Å². The van der Waals surface area contributed by atoms with E-state index in [1.165, 1.54) is 12.6 Å². The molecule has 0 spiro atoms. The van der Waals surface area contributed by atoms with Crippen LogP contribution in [-0.2, 0) is 17.9 Å². The first-order chi connectivity index (χ1) is 17.9. The average Bonchev–Trinajstić information content (AvgIpc) is 3.36. The summed E-state index contributed by atoms with van der Waals surface area (Å²) >= 11 is 6.44. The van der Waals surface area contributed by atoms with Crippen LogP contribution in [0, 0.1) is 0 Å². The Morgan fingerprint density at radius 1 is 1.19 bits per heavy atom. The number of carbonyl (C=O) groups is 1. The van der Waals surface area contributed by atoms with Crippen molar-refractivity contribution in [1.29, 1.82) is 0 Å². The van der Waals surface area contributed by atoms with Crippen molar-refractivity contribution in [3.8, 4) is 17.2 Å². The van der Waals surface area contributed by atoms with Crippen LogP contribution in [0.2, 0.25) is 5.02 Å². The number of nitrogens with one attached hydrogen (secondary N) is 2. The van der Waals surface area contributed by atoms with Gasteiger partial charge in [0.25, 0.3) is 0 Å². The van der Waals surface area contributed by atoms with Crippen LogP contribution in [0.25, 0.3) is 11.5 Å². The van der Waals surface area contributed by atoms with Crippen molar-refractivity contribution in [3.63, 3.8) is 0 Å². The van der Waals surface area contributed by atoms with E-state index in [2.05, 4.69) is 37.1 Å². The summed E-state index contributed by atoms with van der Waals surface area (Å²) in [7, 11) is 3.74. The van der Waals surface area contributed by atoms with Crippen LogP contribution in [0.5, 0.6) is 5.75 Å². The number of likely N-dealkylation sites (N-methyl/N-ethyl adjacent to an activating group) is 1. The third-order valence-electron chi connectivity index (χ3n) is 5.05. The topological polar surface area (TPSA) is 118 Å². The van der Waals surface area contributed by atoms with E-state index in [-0.39, 0.29) is 12.5 Å². The van der Waals surface area contributed by atoms with Crippen LogP contribution in [-0.4, -0.2) is 51.4 Å². The van der Waals surface area contributed by atoms with E-state index in [1.54, 1.807) is 24.5 Å². The maximum absolute atomic E-state index is 12.2. The van der Waals surface area contributed by atoms with E-state index < -0.39 is 0 Å². The second-order valence-corrected chi connectivity index (χ2v) is 8.74. The van der Waals surface area contributed by atoms with Gasteiger partial charge >= 0.3 is 0 Å². The minimum atomic E-state index is -0.243. The van der Waals surface area contributed by atoms with Crippen molar-refractivity contribution in [1.82, 2.24) is 30.2 Å². The number of hydrogen-bond donors (Lipinski definition) is 2. The first kappa shape index (κ1) is 25.8. The molecule has 3 heterocycles. The molecule has 2 N–H and O–H groups in total. The molecule has 11 heteroatoms. The van der Waals surface area contributed by atoms with Gasteiger partial charge in [0.05, 0.1) is 28.5 Å². The number of anilines is 2. The summed E-state index contributed by atoms with van der Waals surface area (Å²) in [5.41, 5.74) is 3.05. The predicted octanol–water partition coefficient (Wildman–Crippen LogP) is 4.24. The molecule has 4 rings (SSSR count). The molecular formula is C26H26ClN7O3. The van der Waals surface area contributed by atoms with Gasteiger partial charge in [-0.15, -0.1) is 0 Å². The zero-order valence-corrected chi connectivity index (χ0v) is 21.2. The third kappa shape index (κ3) is 7.12. The van der Waals surface area contributed by atoms with Gasteiger partial charge in [-0.25, -0.2) is 15.0 Å². The second-order valence-electron chi connectivity index (χ2n) is 8.33. The van der Waals surface area contributed by atoms with Gasteiger partial charge in [0.15, 0.2) is 0 Å². The molecule has 0 bridgehead atoms. The number of carbonyl (C=O) groups excluding carboxylic acids is 1. The number of benzene rings is 1. The van der Waals surface area contributed by atoms with Crippen LogP contribution < -0.4 is 15.4 Å². The highest BCUT2D eigenvalue weighted by Crippen LogP contribution is 2.32. The molecule has 10 nitrogen and oxygen atoms in total. The van der Waals surface area contributed by atoms with E-state index in [4.69, 9.17) is 20.8 Å². The molecule has 0 atom stereocenters.